The molecule has 0 radical (unpaired) electrons. The second-order valence-corrected chi connectivity index (χ2v) is 5.41. The van der Waals surface area contributed by atoms with Gasteiger partial charge in [0.2, 0.25) is 11.7 Å². The number of rotatable bonds is 4. The molecule has 0 aromatic carbocycles. The zero-order valence-corrected chi connectivity index (χ0v) is 10.9. The zero-order chi connectivity index (χ0) is 12.4. The number of furan rings is 1. The van der Waals surface area contributed by atoms with Crippen molar-refractivity contribution in [2.75, 3.05) is 0 Å². The maximum Gasteiger partial charge on any atom is 0.227 e. The van der Waals surface area contributed by atoms with Crippen molar-refractivity contribution >= 4 is 22.9 Å². The lowest BCUT2D eigenvalue weighted by molar-refractivity contribution is 0.374. The summed E-state index contributed by atoms with van der Waals surface area (Å²) in [6.07, 6.45) is 3.07. The molecule has 92 valence electrons. The number of aromatic nitrogens is 2. The molecule has 0 spiro atoms. The van der Waals surface area contributed by atoms with E-state index in [0.717, 1.165) is 17.1 Å². The van der Waals surface area contributed by atoms with Gasteiger partial charge in [-0.3, -0.25) is 0 Å². The lowest BCUT2D eigenvalue weighted by Gasteiger charge is -1.90. The molecule has 0 aliphatic heterocycles. The summed E-state index contributed by atoms with van der Waals surface area (Å²) in [5.41, 5.74) is 0. The topological polar surface area (TPSA) is 52.1 Å². The fraction of sp³-hybridized carbons (Fsp3) is 0.167. The Morgan fingerprint density at radius 3 is 2.89 bits per heavy atom. The molecular weight excluding hydrogens is 272 g/mol. The number of nitrogens with zero attached hydrogens (tertiary/aromatic N) is 2. The van der Waals surface area contributed by atoms with E-state index < -0.39 is 0 Å². The van der Waals surface area contributed by atoms with Gasteiger partial charge in [-0.25, -0.2) is 0 Å². The van der Waals surface area contributed by atoms with Gasteiger partial charge in [-0.05, 0) is 24.3 Å². The van der Waals surface area contributed by atoms with Gasteiger partial charge < -0.3 is 8.94 Å². The summed E-state index contributed by atoms with van der Waals surface area (Å²) in [5, 5.41) is 3.93. The lowest BCUT2D eigenvalue weighted by atomic mass is 10.2. The fourth-order valence-corrected chi connectivity index (χ4v) is 2.54. The molecule has 3 heterocycles. The van der Waals surface area contributed by atoms with E-state index in [4.69, 9.17) is 20.5 Å². The van der Waals surface area contributed by atoms with Crippen LogP contribution in [-0.4, -0.2) is 10.1 Å². The van der Waals surface area contributed by atoms with E-state index in [2.05, 4.69) is 10.1 Å². The predicted octanol–water partition coefficient (Wildman–Crippen LogP) is 3.83. The Balaban J connectivity index is 1.70. The summed E-state index contributed by atoms with van der Waals surface area (Å²) in [6, 6.07) is 7.49. The van der Waals surface area contributed by atoms with Crippen LogP contribution in [-0.2, 0) is 12.8 Å². The summed E-state index contributed by atoms with van der Waals surface area (Å²) in [6.45, 7) is 0. The molecule has 0 saturated carbocycles. The van der Waals surface area contributed by atoms with E-state index in [0.29, 0.717) is 22.5 Å². The summed E-state index contributed by atoms with van der Waals surface area (Å²) < 4.78 is 11.1. The molecule has 4 nitrogen and oxygen atoms in total. The molecule has 0 bridgehead atoms. The second-order valence-electron chi connectivity index (χ2n) is 3.69. The standard InChI is InChI=1S/C12H9ClN2O2S/c13-10-5-4-9(18-10)12-14-11(17-15-12)6-3-8-2-1-7-16-8/h1-2,4-5,7H,3,6H2. The van der Waals surface area contributed by atoms with E-state index in [1.165, 1.54) is 11.3 Å². The Bertz CT molecular complexity index is 630. The molecule has 18 heavy (non-hydrogen) atoms. The van der Waals surface area contributed by atoms with Gasteiger partial charge in [0.15, 0.2) is 0 Å². The minimum Gasteiger partial charge on any atom is -0.469 e. The van der Waals surface area contributed by atoms with E-state index in [9.17, 15) is 0 Å². The molecule has 0 atom stereocenters. The van der Waals surface area contributed by atoms with Gasteiger partial charge in [0.05, 0.1) is 15.5 Å². The van der Waals surface area contributed by atoms with Crippen LogP contribution in [0.15, 0.2) is 39.5 Å². The van der Waals surface area contributed by atoms with Gasteiger partial charge >= 0.3 is 0 Å². The van der Waals surface area contributed by atoms with Gasteiger partial charge in [-0.15, -0.1) is 11.3 Å². The van der Waals surface area contributed by atoms with E-state index in [-0.39, 0.29) is 0 Å². The Morgan fingerprint density at radius 2 is 2.17 bits per heavy atom. The molecule has 3 rings (SSSR count). The van der Waals surface area contributed by atoms with Gasteiger partial charge in [0, 0.05) is 12.8 Å². The molecule has 0 fully saturated rings. The molecule has 0 aliphatic carbocycles. The molecule has 6 heteroatoms. The average Bonchev–Trinajstić information content (AvgIpc) is 3.07. The largest absolute Gasteiger partial charge is 0.469 e. The smallest absolute Gasteiger partial charge is 0.227 e. The highest BCUT2D eigenvalue weighted by atomic mass is 35.5. The second kappa shape index (κ2) is 4.96. The summed E-state index contributed by atoms with van der Waals surface area (Å²) >= 11 is 7.30. The highest BCUT2D eigenvalue weighted by Crippen LogP contribution is 2.28. The van der Waals surface area contributed by atoms with Crippen molar-refractivity contribution in [2.24, 2.45) is 0 Å². The van der Waals surface area contributed by atoms with Crippen LogP contribution in [0.2, 0.25) is 4.34 Å². The Labute approximate surface area is 112 Å². The van der Waals surface area contributed by atoms with Crippen LogP contribution < -0.4 is 0 Å². The zero-order valence-electron chi connectivity index (χ0n) is 9.30. The summed E-state index contributed by atoms with van der Waals surface area (Å²) in [4.78, 5) is 5.24. The van der Waals surface area contributed by atoms with Crippen molar-refractivity contribution in [2.45, 2.75) is 12.8 Å². The quantitative estimate of drug-likeness (QED) is 0.729. The molecule has 0 unspecified atom stereocenters. The third-order valence-electron chi connectivity index (χ3n) is 2.43. The number of halogens is 1. The maximum atomic E-state index is 5.87. The first-order valence-electron chi connectivity index (χ1n) is 5.42. The molecular formula is C12H9ClN2O2S. The van der Waals surface area contributed by atoms with E-state index in [1.54, 1.807) is 6.26 Å². The Hall–Kier alpha value is -1.59. The Morgan fingerprint density at radius 1 is 1.22 bits per heavy atom. The third-order valence-corrected chi connectivity index (χ3v) is 3.65. The highest BCUT2D eigenvalue weighted by Gasteiger charge is 2.11. The van der Waals surface area contributed by atoms with Crippen LogP contribution in [0.3, 0.4) is 0 Å². The SMILES string of the molecule is Clc1ccc(-c2noc(CCc3ccco3)n2)s1. The lowest BCUT2D eigenvalue weighted by Crippen LogP contribution is -1.89. The number of aryl methyl sites for hydroxylation is 2. The van der Waals surface area contributed by atoms with Crippen LogP contribution in [0.25, 0.3) is 10.7 Å². The highest BCUT2D eigenvalue weighted by molar-refractivity contribution is 7.19. The van der Waals surface area contributed by atoms with Crippen LogP contribution in [0.1, 0.15) is 11.7 Å². The van der Waals surface area contributed by atoms with Gasteiger partial charge in [-0.2, -0.15) is 4.98 Å². The van der Waals surface area contributed by atoms with Crippen molar-refractivity contribution in [3.8, 4) is 10.7 Å². The van der Waals surface area contributed by atoms with Crippen LogP contribution in [0, 0.1) is 0 Å². The Kier molecular flexibility index (Phi) is 3.17. The summed E-state index contributed by atoms with van der Waals surface area (Å²) in [5.74, 6) is 2.10. The van der Waals surface area contributed by atoms with E-state index >= 15 is 0 Å². The van der Waals surface area contributed by atoms with Crippen molar-refractivity contribution in [1.82, 2.24) is 10.1 Å². The minimum atomic E-state index is 0.585. The van der Waals surface area contributed by atoms with Gasteiger partial charge in [0.1, 0.15) is 5.76 Å². The summed E-state index contributed by atoms with van der Waals surface area (Å²) in [7, 11) is 0. The van der Waals surface area contributed by atoms with Crippen molar-refractivity contribution in [3.63, 3.8) is 0 Å². The normalized spacial score (nSPS) is 10.9. The van der Waals surface area contributed by atoms with E-state index in [1.807, 2.05) is 24.3 Å². The first-order valence-corrected chi connectivity index (χ1v) is 6.61. The third kappa shape index (κ3) is 2.47. The monoisotopic (exact) mass is 280 g/mol. The van der Waals surface area contributed by atoms with Gasteiger partial charge in [0.25, 0.3) is 0 Å². The molecule has 0 N–H and O–H groups in total. The first kappa shape index (κ1) is 11.5. The van der Waals surface area contributed by atoms with Crippen LogP contribution in [0.5, 0.6) is 0 Å². The first-order chi connectivity index (χ1) is 8.81. The molecule has 3 aromatic heterocycles. The predicted molar refractivity (Wildman–Crippen MR) is 68.7 cm³/mol. The van der Waals surface area contributed by atoms with Crippen LogP contribution in [0.4, 0.5) is 0 Å². The van der Waals surface area contributed by atoms with Crippen molar-refractivity contribution in [1.29, 1.82) is 0 Å². The molecule has 0 saturated heterocycles. The molecule has 0 aliphatic rings. The van der Waals surface area contributed by atoms with Crippen LogP contribution >= 0.6 is 22.9 Å². The van der Waals surface area contributed by atoms with Gasteiger partial charge in [-0.1, -0.05) is 16.8 Å². The average molecular weight is 281 g/mol. The maximum absolute atomic E-state index is 5.87. The van der Waals surface area contributed by atoms with Crippen molar-refractivity contribution < 1.29 is 8.94 Å². The molecule has 0 amide bonds. The van der Waals surface area contributed by atoms with Crippen molar-refractivity contribution in [3.05, 3.63) is 46.5 Å². The number of hydrogen-bond acceptors (Lipinski definition) is 5. The number of thiophene rings is 1. The number of hydrogen-bond donors (Lipinski definition) is 0. The fourth-order valence-electron chi connectivity index (χ4n) is 1.58. The molecule has 3 aromatic rings. The minimum absolute atomic E-state index is 0.585.